The van der Waals surface area contributed by atoms with Gasteiger partial charge in [0, 0.05) is 29.8 Å². The summed E-state index contributed by atoms with van der Waals surface area (Å²) in [5, 5.41) is 4.71. The second-order valence-corrected chi connectivity index (χ2v) is 15.5. The number of nitrogens with zero attached hydrogens (tertiary/aromatic N) is 4. The molecule has 2 saturated heterocycles. The van der Waals surface area contributed by atoms with E-state index in [-0.39, 0.29) is 24.3 Å². The van der Waals surface area contributed by atoms with Crippen LogP contribution in [0.1, 0.15) is 49.0 Å². The van der Waals surface area contributed by atoms with Crippen molar-refractivity contribution in [3.05, 3.63) is 182 Å². The Morgan fingerprint density at radius 2 is 0.966 bits per heavy atom. The van der Waals surface area contributed by atoms with Crippen molar-refractivity contribution in [3.8, 4) is 34.3 Å². The zero-order valence-electron chi connectivity index (χ0n) is 33.0. The van der Waals surface area contributed by atoms with E-state index in [0.717, 1.165) is 79.7 Å². The molecule has 0 N–H and O–H groups in total. The summed E-state index contributed by atoms with van der Waals surface area (Å²) < 4.78 is 15.1. The average Bonchev–Trinajstić information content (AvgIpc) is 3.95. The maximum Gasteiger partial charge on any atom is 0.229 e. The Balaban J connectivity index is 1.27. The number of ether oxygens (including phenoxy) is 2. The minimum absolute atomic E-state index is 0.0984. The molecule has 0 spiro atoms. The zero-order chi connectivity index (χ0) is 39.3. The molecule has 2 aliphatic rings. The minimum atomic E-state index is -0.339. The molecule has 0 radical (unpaired) electrons. The average molecular weight is 763 g/mol. The van der Waals surface area contributed by atoms with E-state index >= 15 is 0 Å². The number of likely N-dealkylation sites (tertiary alicyclic amines) is 2. The third-order valence-electron chi connectivity index (χ3n) is 11.9. The zero-order valence-corrected chi connectivity index (χ0v) is 33.0. The van der Waals surface area contributed by atoms with E-state index in [2.05, 4.69) is 144 Å². The fourth-order valence-corrected chi connectivity index (χ4v) is 9.27. The molecular formula is C52H50N4O2. The van der Waals surface area contributed by atoms with Crippen LogP contribution in [-0.4, -0.2) is 58.0 Å². The largest absolute Gasteiger partial charge is 0.467 e. The smallest absolute Gasteiger partial charge is 0.229 e. The first kappa shape index (κ1) is 37.5. The van der Waals surface area contributed by atoms with Crippen molar-refractivity contribution in [1.29, 1.82) is 0 Å². The van der Waals surface area contributed by atoms with Gasteiger partial charge in [-0.15, -0.1) is 13.2 Å². The molecule has 1 aromatic heterocycles. The van der Waals surface area contributed by atoms with Gasteiger partial charge in [0.05, 0.1) is 12.1 Å². The van der Waals surface area contributed by atoms with Crippen LogP contribution in [-0.2, 0) is 0 Å². The predicted molar refractivity (Wildman–Crippen MR) is 237 cm³/mol. The minimum Gasteiger partial charge on any atom is -0.467 e. The second-order valence-electron chi connectivity index (χ2n) is 15.5. The van der Waals surface area contributed by atoms with Gasteiger partial charge in [-0.3, -0.25) is 9.80 Å². The Labute approximate surface area is 342 Å². The van der Waals surface area contributed by atoms with Gasteiger partial charge in [0.2, 0.25) is 11.8 Å². The fraction of sp³-hybridized carbons (Fsp3) is 0.231. The van der Waals surface area contributed by atoms with Gasteiger partial charge in [0.25, 0.3) is 0 Å². The predicted octanol–water partition coefficient (Wildman–Crippen LogP) is 11.7. The third kappa shape index (κ3) is 7.53. The first-order chi connectivity index (χ1) is 28.7. The van der Waals surface area contributed by atoms with Crippen LogP contribution >= 0.6 is 0 Å². The van der Waals surface area contributed by atoms with E-state index < -0.39 is 0 Å². The van der Waals surface area contributed by atoms with E-state index in [9.17, 15) is 0 Å². The Hall–Kier alpha value is -6.08. The Morgan fingerprint density at radius 3 is 1.45 bits per heavy atom. The van der Waals surface area contributed by atoms with Gasteiger partial charge < -0.3 is 9.47 Å². The van der Waals surface area contributed by atoms with Crippen molar-refractivity contribution < 1.29 is 9.47 Å². The number of hydrogen-bond donors (Lipinski definition) is 0. The summed E-state index contributed by atoms with van der Waals surface area (Å²) in [7, 11) is 0. The summed E-state index contributed by atoms with van der Waals surface area (Å²) in [6, 6.07) is 51.1. The van der Waals surface area contributed by atoms with Crippen LogP contribution in [0.25, 0.3) is 44.1 Å². The second kappa shape index (κ2) is 17.2. The monoisotopic (exact) mass is 762 g/mol. The summed E-state index contributed by atoms with van der Waals surface area (Å²) >= 11 is 0. The summed E-state index contributed by atoms with van der Waals surface area (Å²) in [6.07, 6.45) is 7.48. The lowest BCUT2D eigenvalue weighted by Gasteiger charge is -2.34. The number of benzene rings is 6. The molecule has 0 saturated carbocycles. The third-order valence-corrected chi connectivity index (χ3v) is 11.9. The van der Waals surface area contributed by atoms with Crippen LogP contribution in [0, 0.1) is 0 Å². The molecule has 58 heavy (non-hydrogen) atoms. The lowest BCUT2D eigenvalue weighted by atomic mass is 9.94. The van der Waals surface area contributed by atoms with E-state index in [4.69, 9.17) is 19.4 Å². The highest BCUT2D eigenvalue weighted by atomic mass is 16.5. The molecule has 2 aliphatic heterocycles. The Bertz CT molecular complexity index is 2380. The number of rotatable bonds is 14. The van der Waals surface area contributed by atoms with Crippen molar-refractivity contribution in [2.45, 2.75) is 50.0 Å². The van der Waals surface area contributed by atoms with Gasteiger partial charge in [-0.25, -0.2) is 0 Å². The number of fused-ring (bicyclic) bond motifs is 2. The van der Waals surface area contributed by atoms with Crippen LogP contribution in [0.2, 0.25) is 0 Å². The number of hydrogen-bond acceptors (Lipinski definition) is 6. The van der Waals surface area contributed by atoms with Crippen LogP contribution < -0.4 is 9.47 Å². The van der Waals surface area contributed by atoms with Gasteiger partial charge in [0.1, 0.15) is 17.8 Å². The highest BCUT2D eigenvalue weighted by Crippen LogP contribution is 2.46. The highest BCUT2D eigenvalue weighted by Gasteiger charge is 2.38. The van der Waals surface area contributed by atoms with Gasteiger partial charge in [-0.05, 0) is 65.9 Å². The molecule has 4 atom stereocenters. The summed E-state index contributed by atoms with van der Waals surface area (Å²) in [6.45, 7) is 11.8. The van der Waals surface area contributed by atoms with E-state index in [1.165, 1.54) is 21.5 Å². The van der Waals surface area contributed by atoms with Crippen molar-refractivity contribution in [2.75, 3.05) is 26.2 Å². The maximum atomic E-state index is 7.57. The van der Waals surface area contributed by atoms with Crippen molar-refractivity contribution in [3.63, 3.8) is 0 Å². The fourth-order valence-electron chi connectivity index (χ4n) is 9.27. The lowest BCUT2D eigenvalue weighted by Crippen LogP contribution is -2.38. The molecule has 0 amide bonds. The summed E-state index contributed by atoms with van der Waals surface area (Å²) in [4.78, 5) is 15.7. The van der Waals surface area contributed by atoms with Gasteiger partial charge in [0.15, 0.2) is 5.82 Å². The van der Waals surface area contributed by atoms with Crippen LogP contribution in [0.5, 0.6) is 11.8 Å². The summed E-state index contributed by atoms with van der Waals surface area (Å²) in [5.41, 5.74) is 4.85. The highest BCUT2D eigenvalue weighted by molar-refractivity contribution is 5.87. The molecule has 0 aliphatic carbocycles. The van der Waals surface area contributed by atoms with E-state index in [0.29, 0.717) is 17.6 Å². The molecule has 0 bridgehead atoms. The van der Waals surface area contributed by atoms with Gasteiger partial charge in [-0.1, -0.05) is 158 Å². The van der Waals surface area contributed by atoms with E-state index in [1.807, 2.05) is 36.4 Å². The standard InChI is InChI=1S/C52H50N4O2/c1-3-33-55-35-17-31-45(55)48(43-29-15-25-37-19-11-13-27-41(37)43)57-51-47(39-21-7-5-8-22-39)52(54-50(53-51)40-23-9-6-10-24-40)58-49(46-32-18-36-56(46)34-4-2)44-30-16-26-38-20-12-14-28-42(38)44/h3-16,19-30,45-46,48-49H,1-2,17-18,31-36H2/t45-,46-,48-,49-/m0/s1. The van der Waals surface area contributed by atoms with Crippen molar-refractivity contribution in [1.82, 2.24) is 19.8 Å². The maximum absolute atomic E-state index is 7.57. The molecule has 6 aromatic carbocycles. The van der Waals surface area contributed by atoms with Gasteiger partial charge >= 0.3 is 0 Å². The van der Waals surface area contributed by atoms with Gasteiger partial charge in [-0.2, -0.15) is 9.97 Å². The summed E-state index contributed by atoms with van der Waals surface area (Å²) in [5.74, 6) is 1.57. The quantitative estimate of drug-likeness (QED) is 0.103. The van der Waals surface area contributed by atoms with Crippen molar-refractivity contribution >= 4 is 21.5 Å². The lowest BCUT2D eigenvalue weighted by molar-refractivity contribution is 0.0893. The van der Waals surface area contributed by atoms with E-state index in [1.54, 1.807) is 0 Å². The molecule has 9 rings (SSSR count). The topological polar surface area (TPSA) is 50.7 Å². The number of aromatic nitrogens is 2. The molecule has 290 valence electrons. The van der Waals surface area contributed by atoms with Crippen LogP contribution in [0.15, 0.2) is 171 Å². The van der Waals surface area contributed by atoms with Crippen LogP contribution in [0.3, 0.4) is 0 Å². The SMILES string of the molecule is C=CCN1CCC[C@H]1[C@@H](Oc1nc(-c2ccccc2)nc(O[C@@H](c2cccc3ccccc23)[C@@H]2CCCN2CC=C)c1-c1ccccc1)c1cccc2ccccc12. The van der Waals surface area contributed by atoms with Crippen molar-refractivity contribution in [2.24, 2.45) is 0 Å². The Kier molecular flexibility index (Phi) is 11.1. The molecule has 6 heteroatoms. The molecule has 2 fully saturated rings. The first-order valence-corrected chi connectivity index (χ1v) is 20.7. The molecule has 7 aromatic rings. The molecule has 0 unspecified atom stereocenters. The Morgan fingerprint density at radius 1 is 0.534 bits per heavy atom. The normalized spacial score (nSPS) is 18.3. The molecule has 3 heterocycles. The molecular weight excluding hydrogens is 713 g/mol. The van der Waals surface area contributed by atoms with Crippen LogP contribution in [0.4, 0.5) is 0 Å². The molecule has 6 nitrogen and oxygen atoms in total. The first-order valence-electron chi connectivity index (χ1n) is 20.7.